The quantitative estimate of drug-likeness (QED) is 0.761. The van der Waals surface area contributed by atoms with Gasteiger partial charge in [-0.25, -0.2) is 9.97 Å². The molecule has 0 amide bonds. The lowest BCUT2D eigenvalue weighted by Crippen LogP contribution is -2.46. The molecular weight excluding hydrogens is 304 g/mol. The lowest BCUT2D eigenvalue weighted by Gasteiger charge is -2.34. The van der Waals surface area contributed by atoms with Crippen LogP contribution in [0.3, 0.4) is 0 Å². The maximum atomic E-state index is 5.81. The Bertz CT molecular complexity index is 667. The van der Waals surface area contributed by atoms with Gasteiger partial charge in [-0.05, 0) is 24.3 Å². The zero-order valence-electron chi connectivity index (χ0n) is 13.9. The van der Waals surface area contributed by atoms with E-state index in [1.54, 1.807) is 13.4 Å². The largest absolute Gasteiger partial charge is 0.497 e. The van der Waals surface area contributed by atoms with E-state index >= 15 is 0 Å². The van der Waals surface area contributed by atoms with Crippen LogP contribution in [0.5, 0.6) is 17.4 Å². The normalized spacial score (nSPS) is 15.1. The van der Waals surface area contributed by atoms with Crippen molar-refractivity contribution < 1.29 is 9.47 Å². The molecular formula is C18H22N4O2. The molecule has 1 aliphatic rings. The minimum atomic E-state index is 0.540. The van der Waals surface area contributed by atoms with Gasteiger partial charge in [0.05, 0.1) is 7.11 Å². The van der Waals surface area contributed by atoms with Crippen LogP contribution in [0.1, 0.15) is 0 Å². The number of rotatable bonds is 6. The molecule has 0 N–H and O–H groups in total. The Hall–Kier alpha value is -2.60. The minimum absolute atomic E-state index is 0.540. The molecule has 126 valence electrons. The van der Waals surface area contributed by atoms with E-state index in [1.165, 1.54) is 0 Å². The van der Waals surface area contributed by atoms with Crippen molar-refractivity contribution >= 4 is 5.82 Å². The lowest BCUT2D eigenvalue weighted by molar-refractivity contribution is 0.283. The van der Waals surface area contributed by atoms with Crippen molar-refractivity contribution in [3.8, 4) is 17.4 Å². The Morgan fingerprint density at radius 1 is 1.08 bits per heavy atom. The Morgan fingerprint density at radius 3 is 2.46 bits per heavy atom. The highest BCUT2D eigenvalue weighted by Gasteiger charge is 2.17. The molecule has 2 aromatic rings. The molecule has 24 heavy (non-hydrogen) atoms. The molecule has 6 heteroatoms. The molecule has 3 rings (SSSR count). The molecule has 0 bridgehead atoms. The monoisotopic (exact) mass is 326 g/mol. The molecule has 0 spiro atoms. The third-order valence-corrected chi connectivity index (χ3v) is 3.99. The molecule has 1 aliphatic heterocycles. The summed E-state index contributed by atoms with van der Waals surface area (Å²) in [7, 11) is 1.64. The predicted octanol–water partition coefficient (Wildman–Crippen LogP) is 2.59. The van der Waals surface area contributed by atoms with Gasteiger partial charge < -0.3 is 14.4 Å². The second-order valence-electron chi connectivity index (χ2n) is 5.57. The average molecular weight is 326 g/mol. The number of anilines is 1. The molecule has 2 heterocycles. The van der Waals surface area contributed by atoms with E-state index in [-0.39, 0.29) is 0 Å². The molecule has 0 unspecified atom stereocenters. The van der Waals surface area contributed by atoms with Gasteiger partial charge in [-0.2, -0.15) is 0 Å². The molecule has 0 radical (unpaired) electrons. The van der Waals surface area contributed by atoms with Crippen LogP contribution < -0.4 is 14.4 Å². The maximum Gasteiger partial charge on any atom is 0.224 e. The van der Waals surface area contributed by atoms with E-state index in [1.807, 2.05) is 36.4 Å². The summed E-state index contributed by atoms with van der Waals surface area (Å²) in [6.07, 6.45) is 3.49. The number of benzene rings is 1. The van der Waals surface area contributed by atoms with E-state index in [4.69, 9.17) is 9.47 Å². The van der Waals surface area contributed by atoms with Crippen molar-refractivity contribution in [2.75, 3.05) is 44.7 Å². The van der Waals surface area contributed by atoms with Crippen molar-refractivity contribution in [3.05, 3.63) is 49.3 Å². The van der Waals surface area contributed by atoms with Gasteiger partial charge >= 0.3 is 0 Å². The van der Waals surface area contributed by atoms with Crippen molar-refractivity contribution in [1.29, 1.82) is 0 Å². The number of hydrogen-bond acceptors (Lipinski definition) is 6. The van der Waals surface area contributed by atoms with Gasteiger partial charge in [0.15, 0.2) is 0 Å². The average Bonchev–Trinajstić information content (AvgIpc) is 2.63. The third kappa shape index (κ3) is 4.02. The zero-order chi connectivity index (χ0) is 16.8. The van der Waals surface area contributed by atoms with Gasteiger partial charge in [-0.15, -0.1) is 6.58 Å². The predicted molar refractivity (Wildman–Crippen MR) is 94.0 cm³/mol. The minimum Gasteiger partial charge on any atom is -0.497 e. The molecule has 0 aliphatic carbocycles. The first-order valence-electron chi connectivity index (χ1n) is 8.00. The standard InChI is InChI=1S/C18H22N4O2/c1-3-8-21-9-11-22(12-10-21)17-13-18(20-14-19-17)24-16-6-4-15(23-2)5-7-16/h3-7,13-14H,1,8-12H2,2H3. The first-order chi connectivity index (χ1) is 11.8. The van der Waals surface area contributed by atoms with E-state index < -0.39 is 0 Å². The maximum absolute atomic E-state index is 5.81. The van der Waals surface area contributed by atoms with Crippen molar-refractivity contribution in [2.24, 2.45) is 0 Å². The number of piperazine rings is 1. The summed E-state index contributed by atoms with van der Waals surface area (Å²) in [4.78, 5) is 13.2. The number of ether oxygens (including phenoxy) is 2. The molecule has 6 nitrogen and oxygen atoms in total. The fraction of sp³-hybridized carbons (Fsp3) is 0.333. The zero-order valence-corrected chi connectivity index (χ0v) is 13.9. The molecule has 0 saturated carbocycles. The Labute approximate surface area is 142 Å². The Morgan fingerprint density at radius 2 is 1.79 bits per heavy atom. The summed E-state index contributed by atoms with van der Waals surface area (Å²) >= 11 is 0. The Kier molecular flexibility index (Phi) is 5.28. The number of aromatic nitrogens is 2. The van der Waals surface area contributed by atoms with Crippen LogP contribution in [-0.2, 0) is 0 Å². The van der Waals surface area contributed by atoms with E-state index in [0.29, 0.717) is 5.88 Å². The van der Waals surface area contributed by atoms with Crippen molar-refractivity contribution in [2.45, 2.75) is 0 Å². The smallest absolute Gasteiger partial charge is 0.224 e. The molecule has 1 aromatic carbocycles. The second-order valence-corrected chi connectivity index (χ2v) is 5.57. The molecule has 1 fully saturated rings. The third-order valence-electron chi connectivity index (χ3n) is 3.99. The summed E-state index contributed by atoms with van der Waals surface area (Å²) in [5.74, 6) is 2.95. The van der Waals surface area contributed by atoms with Gasteiger partial charge in [0.2, 0.25) is 5.88 Å². The first-order valence-corrected chi connectivity index (χ1v) is 8.00. The lowest BCUT2D eigenvalue weighted by atomic mass is 10.3. The van der Waals surface area contributed by atoms with Gasteiger partial charge in [-0.3, -0.25) is 4.90 Å². The van der Waals surface area contributed by atoms with Gasteiger partial charge in [0.25, 0.3) is 0 Å². The molecule has 0 atom stereocenters. The summed E-state index contributed by atoms with van der Waals surface area (Å²) < 4.78 is 11.0. The molecule has 1 aromatic heterocycles. The van der Waals surface area contributed by atoms with Crippen molar-refractivity contribution in [1.82, 2.24) is 14.9 Å². The second kappa shape index (κ2) is 7.79. The van der Waals surface area contributed by atoms with Crippen LogP contribution in [0.4, 0.5) is 5.82 Å². The van der Waals surface area contributed by atoms with Gasteiger partial charge in [0, 0.05) is 38.8 Å². The summed E-state index contributed by atoms with van der Waals surface area (Å²) in [5, 5.41) is 0. The highest BCUT2D eigenvalue weighted by atomic mass is 16.5. The van der Waals surface area contributed by atoms with E-state index in [0.717, 1.165) is 50.0 Å². The fourth-order valence-corrected chi connectivity index (χ4v) is 2.67. The van der Waals surface area contributed by atoms with Crippen LogP contribution >= 0.6 is 0 Å². The molecule has 1 saturated heterocycles. The van der Waals surface area contributed by atoms with Crippen molar-refractivity contribution in [3.63, 3.8) is 0 Å². The van der Waals surface area contributed by atoms with Crippen LogP contribution in [-0.4, -0.2) is 54.7 Å². The highest BCUT2D eigenvalue weighted by molar-refractivity contribution is 5.43. The van der Waals surface area contributed by atoms with E-state index in [2.05, 4.69) is 26.3 Å². The van der Waals surface area contributed by atoms with Crippen LogP contribution in [0.15, 0.2) is 49.3 Å². The Balaban J connectivity index is 1.64. The van der Waals surface area contributed by atoms with Crippen LogP contribution in [0.25, 0.3) is 0 Å². The van der Waals surface area contributed by atoms with Crippen LogP contribution in [0, 0.1) is 0 Å². The summed E-state index contributed by atoms with van der Waals surface area (Å²) in [5.41, 5.74) is 0. The number of nitrogens with zero attached hydrogens (tertiary/aromatic N) is 4. The van der Waals surface area contributed by atoms with E-state index in [9.17, 15) is 0 Å². The summed E-state index contributed by atoms with van der Waals surface area (Å²) in [6, 6.07) is 9.31. The highest BCUT2D eigenvalue weighted by Crippen LogP contribution is 2.24. The fourth-order valence-electron chi connectivity index (χ4n) is 2.67. The number of methoxy groups -OCH3 is 1. The SMILES string of the molecule is C=CCN1CCN(c2cc(Oc3ccc(OC)cc3)ncn2)CC1. The van der Waals surface area contributed by atoms with Gasteiger partial charge in [-0.1, -0.05) is 6.08 Å². The number of hydrogen-bond donors (Lipinski definition) is 0. The van der Waals surface area contributed by atoms with Gasteiger partial charge in [0.1, 0.15) is 23.6 Å². The summed E-state index contributed by atoms with van der Waals surface area (Å²) in [6.45, 7) is 8.61. The first kappa shape index (κ1) is 16.3. The topological polar surface area (TPSA) is 50.7 Å². The van der Waals surface area contributed by atoms with Crippen LogP contribution in [0.2, 0.25) is 0 Å².